The van der Waals surface area contributed by atoms with Crippen LogP contribution in [0.4, 0.5) is 10.1 Å². The van der Waals surface area contributed by atoms with E-state index in [1.165, 1.54) is 11.3 Å². The number of rotatable bonds is 2. The summed E-state index contributed by atoms with van der Waals surface area (Å²) in [7, 11) is 0. The van der Waals surface area contributed by atoms with Gasteiger partial charge in [0, 0.05) is 43.5 Å². The maximum atomic E-state index is 14.9. The molecule has 1 saturated heterocycles. The number of hydrogen-bond donors (Lipinski definition) is 1. The van der Waals surface area contributed by atoms with Crippen molar-refractivity contribution in [2.45, 2.75) is 12.3 Å². The van der Waals surface area contributed by atoms with Crippen molar-refractivity contribution in [3.8, 4) is 5.75 Å². The second-order valence-electron chi connectivity index (χ2n) is 6.84. The minimum atomic E-state index is -0.561. The summed E-state index contributed by atoms with van der Waals surface area (Å²) < 4.78 is 21.4. The monoisotopic (exact) mass is 383 g/mol. The van der Waals surface area contributed by atoms with E-state index < -0.39 is 5.92 Å². The number of aromatic nitrogens is 1. The molecule has 0 radical (unpaired) electrons. The van der Waals surface area contributed by atoms with Crippen LogP contribution in [0.3, 0.4) is 0 Å². The van der Waals surface area contributed by atoms with Crippen molar-refractivity contribution < 1.29 is 13.9 Å². The molecule has 0 aliphatic carbocycles. The Kier molecular flexibility index (Phi) is 4.06. The van der Waals surface area contributed by atoms with Crippen LogP contribution in [-0.4, -0.2) is 37.1 Å². The predicted molar refractivity (Wildman–Crippen MR) is 103 cm³/mol. The van der Waals surface area contributed by atoms with E-state index >= 15 is 0 Å². The van der Waals surface area contributed by atoms with Crippen molar-refractivity contribution in [3.63, 3.8) is 0 Å². The van der Waals surface area contributed by atoms with Crippen LogP contribution in [0.25, 0.3) is 10.2 Å². The summed E-state index contributed by atoms with van der Waals surface area (Å²) in [6, 6.07) is 11.1. The molecular weight excluding hydrogens is 365 g/mol. The molecule has 0 saturated carbocycles. The zero-order valence-electron chi connectivity index (χ0n) is 14.6. The Bertz CT molecular complexity index is 996. The maximum absolute atomic E-state index is 14.9. The van der Waals surface area contributed by atoms with Gasteiger partial charge in [-0.3, -0.25) is 4.79 Å². The van der Waals surface area contributed by atoms with Gasteiger partial charge in [-0.05, 0) is 24.6 Å². The normalized spacial score (nSPS) is 19.8. The van der Waals surface area contributed by atoms with Gasteiger partial charge in [0.05, 0.1) is 10.2 Å². The summed E-state index contributed by atoms with van der Waals surface area (Å²) in [6.07, 6.45) is 0.279. The number of hydrogen-bond acceptors (Lipinski definition) is 6. The molecule has 3 heterocycles. The van der Waals surface area contributed by atoms with Gasteiger partial charge in [0.1, 0.15) is 22.5 Å². The summed E-state index contributed by atoms with van der Waals surface area (Å²) in [5, 5.41) is 3.95. The van der Waals surface area contributed by atoms with E-state index in [9.17, 15) is 9.18 Å². The van der Waals surface area contributed by atoms with Gasteiger partial charge < -0.3 is 15.0 Å². The molecule has 7 heteroatoms. The largest absolute Gasteiger partial charge is 0.426 e. The van der Waals surface area contributed by atoms with E-state index in [1.807, 2.05) is 24.3 Å². The second kappa shape index (κ2) is 6.58. The molecule has 2 aliphatic heterocycles. The maximum Gasteiger partial charge on any atom is 0.321 e. The number of para-hydroxylation sites is 1. The lowest BCUT2D eigenvalue weighted by Gasteiger charge is -2.31. The van der Waals surface area contributed by atoms with Crippen LogP contribution in [0.2, 0.25) is 0 Å². The highest BCUT2D eigenvalue weighted by Crippen LogP contribution is 2.39. The molecule has 1 fully saturated rings. The zero-order valence-corrected chi connectivity index (χ0v) is 15.4. The number of nitrogens with one attached hydrogen (secondary N) is 1. The van der Waals surface area contributed by atoms with Gasteiger partial charge in [-0.1, -0.05) is 12.1 Å². The van der Waals surface area contributed by atoms with Crippen LogP contribution < -0.4 is 15.0 Å². The average molecular weight is 383 g/mol. The third kappa shape index (κ3) is 2.96. The van der Waals surface area contributed by atoms with Crippen LogP contribution in [0.15, 0.2) is 36.4 Å². The van der Waals surface area contributed by atoms with Gasteiger partial charge >= 0.3 is 5.97 Å². The molecule has 138 valence electrons. The smallest absolute Gasteiger partial charge is 0.321 e. The Morgan fingerprint density at radius 1 is 1.22 bits per heavy atom. The topological polar surface area (TPSA) is 54.5 Å². The lowest BCUT2D eigenvalue weighted by molar-refractivity contribution is -0.137. The third-order valence-corrected chi connectivity index (χ3v) is 6.28. The van der Waals surface area contributed by atoms with Crippen LogP contribution in [0.5, 0.6) is 5.75 Å². The lowest BCUT2D eigenvalue weighted by Crippen LogP contribution is -2.43. The first-order valence-corrected chi connectivity index (χ1v) is 9.86. The molecule has 0 amide bonds. The highest BCUT2D eigenvalue weighted by Gasteiger charge is 2.34. The van der Waals surface area contributed by atoms with Crippen LogP contribution in [0.1, 0.15) is 16.5 Å². The first-order chi connectivity index (χ1) is 13.2. The average Bonchev–Trinajstić information content (AvgIpc) is 3.12. The molecule has 0 bridgehead atoms. The van der Waals surface area contributed by atoms with Crippen molar-refractivity contribution in [2.75, 3.05) is 31.1 Å². The number of fused-ring (bicyclic) bond motifs is 2. The lowest BCUT2D eigenvalue weighted by atomic mass is 9.95. The standard InChI is InChI=1S/C20H18FN3O2S/c21-15-9-12(24-7-5-22-6-8-24)10-17-13(15)11-14(20(25)26-17)19-23-16-3-1-2-4-18(16)27-19/h1-4,9-10,14,22H,5-8,11H2. The summed E-state index contributed by atoms with van der Waals surface area (Å²) in [6.45, 7) is 3.33. The highest BCUT2D eigenvalue weighted by atomic mass is 32.1. The second-order valence-corrected chi connectivity index (χ2v) is 7.90. The summed E-state index contributed by atoms with van der Waals surface area (Å²) in [5.41, 5.74) is 2.07. The fourth-order valence-corrected chi connectivity index (χ4v) is 4.74. The van der Waals surface area contributed by atoms with Crippen molar-refractivity contribution >= 4 is 33.2 Å². The molecule has 3 aromatic rings. The van der Waals surface area contributed by atoms with E-state index in [0.29, 0.717) is 16.3 Å². The molecule has 2 aliphatic rings. The number of carbonyl (C=O) groups is 1. The summed E-state index contributed by atoms with van der Waals surface area (Å²) in [5.74, 6) is -0.904. The number of carbonyl (C=O) groups excluding carboxylic acids is 1. The van der Waals surface area contributed by atoms with Crippen molar-refractivity contribution in [1.29, 1.82) is 0 Å². The quantitative estimate of drug-likeness (QED) is 0.544. The fourth-order valence-electron chi connectivity index (χ4n) is 3.69. The van der Waals surface area contributed by atoms with Crippen molar-refractivity contribution in [3.05, 3.63) is 52.8 Å². The molecule has 27 heavy (non-hydrogen) atoms. The van der Waals surface area contributed by atoms with Crippen LogP contribution in [-0.2, 0) is 11.2 Å². The number of ether oxygens (including phenoxy) is 1. The fraction of sp³-hybridized carbons (Fsp3) is 0.300. The number of esters is 1. The van der Waals surface area contributed by atoms with Crippen molar-refractivity contribution in [2.24, 2.45) is 0 Å². The van der Waals surface area contributed by atoms with Gasteiger partial charge in [-0.15, -0.1) is 11.3 Å². The van der Waals surface area contributed by atoms with Gasteiger partial charge in [-0.2, -0.15) is 0 Å². The molecule has 5 rings (SSSR count). The number of halogens is 1. The molecule has 1 unspecified atom stereocenters. The molecule has 5 nitrogen and oxygen atoms in total. The van der Waals surface area contributed by atoms with Gasteiger partial charge in [0.2, 0.25) is 0 Å². The third-order valence-electron chi connectivity index (χ3n) is 5.13. The Morgan fingerprint density at radius 3 is 2.85 bits per heavy atom. The molecular formula is C20H18FN3O2S. The van der Waals surface area contributed by atoms with Gasteiger partial charge in [0.15, 0.2) is 0 Å². The summed E-state index contributed by atoms with van der Waals surface area (Å²) in [4.78, 5) is 19.3. The summed E-state index contributed by atoms with van der Waals surface area (Å²) >= 11 is 1.46. The number of anilines is 1. The number of benzene rings is 2. The Morgan fingerprint density at radius 2 is 2.04 bits per heavy atom. The number of piperazine rings is 1. The molecule has 0 spiro atoms. The molecule has 2 aromatic carbocycles. The van der Waals surface area contributed by atoms with E-state index in [-0.39, 0.29) is 18.2 Å². The molecule has 1 atom stereocenters. The minimum Gasteiger partial charge on any atom is -0.426 e. The van der Waals surface area contributed by atoms with Gasteiger partial charge in [0.25, 0.3) is 0 Å². The van der Waals surface area contributed by atoms with E-state index in [2.05, 4.69) is 15.2 Å². The SMILES string of the molecule is O=C1Oc2cc(N3CCNCC3)cc(F)c2CC1c1nc2ccccc2s1. The Balaban J connectivity index is 1.48. The first kappa shape index (κ1) is 16.6. The van der Waals surface area contributed by atoms with Gasteiger partial charge in [-0.25, -0.2) is 9.37 Å². The Hall–Kier alpha value is -2.51. The van der Waals surface area contributed by atoms with E-state index in [1.54, 1.807) is 12.1 Å². The minimum absolute atomic E-state index is 0.279. The number of thiazole rings is 1. The number of nitrogens with zero attached hydrogens (tertiary/aromatic N) is 2. The van der Waals surface area contributed by atoms with E-state index in [4.69, 9.17) is 4.74 Å². The Labute approximate surface area is 159 Å². The van der Waals surface area contributed by atoms with Crippen LogP contribution >= 0.6 is 11.3 Å². The highest BCUT2D eigenvalue weighted by molar-refractivity contribution is 7.18. The first-order valence-electron chi connectivity index (χ1n) is 9.04. The van der Waals surface area contributed by atoms with Crippen molar-refractivity contribution in [1.82, 2.24) is 10.3 Å². The predicted octanol–water partition coefficient (Wildman–Crippen LogP) is 3.09. The van der Waals surface area contributed by atoms with Crippen LogP contribution in [0, 0.1) is 5.82 Å². The molecule has 1 N–H and O–H groups in total. The van der Waals surface area contributed by atoms with E-state index in [0.717, 1.165) is 42.1 Å². The molecule has 1 aromatic heterocycles. The zero-order chi connectivity index (χ0) is 18.4.